The minimum Gasteiger partial charge on any atom is -0.505 e. The average molecular weight is 264 g/mol. The van der Waals surface area contributed by atoms with Gasteiger partial charge in [-0.05, 0) is 19.2 Å². The summed E-state index contributed by atoms with van der Waals surface area (Å²) in [5, 5.41) is 12.6. The molecule has 0 atom stereocenters. The van der Waals surface area contributed by atoms with E-state index in [2.05, 4.69) is 5.32 Å². The summed E-state index contributed by atoms with van der Waals surface area (Å²) in [4.78, 5) is 11.6. The van der Waals surface area contributed by atoms with Crippen LogP contribution in [0, 0.1) is 0 Å². The zero-order chi connectivity index (χ0) is 12.1. The third-order valence-corrected chi connectivity index (χ3v) is 2.49. The van der Waals surface area contributed by atoms with Crippen molar-refractivity contribution in [2.75, 3.05) is 20.2 Å². The smallest absolute Gasteiger partial charge is 0.343 e. The lowest BCUT2D eigenvalue weighted by Gasteiger charge is -2.08. The van der Waals surface area contributed by atoms with Crippen LogP contribution >= 0.6 is 23.2 Å². The quantitative estimate of drug-likeness (QED) is 0.645. The largest absolute Gasteiger partial charge is 0.505 e. The molecule has 0 bridgehead atoms. The van der Waals surface area contributed by atoms with Crippen LogP contribution in [0.1, 0.15) is 10.4 Å². The van der Waals surface area contributed by atoms with Gasteiger partial charge in [-0.15, -0.1) is 0 Å². The molecule has 0 saturated carbocycles. The van der Waals surface area contributed by atoms with Crippen LogP contribution in [0.3, 0.4) is 0 Å². The number of carbonyl (C=O) groups excluding carboxylic acids is 1. The van der Waals surface area contributed by atoms with Gasteiger partial charge in [-0.3, -0.25) is 0 Å². The number of carbonyl (C=O) groups is 1. The summed E-state index contributed by atoms with van der Waals surface area (Å²) < 4.78 is 4.88. The Kier molecular flexibility index (Phi) is 4.86. The molecular weight excluding hydrogens is 253 g/mol. The van der Waals surface area contributed by atoms with Crippen LogP contribution in [0.15, 0.2) is 12.1 Å². The molecular formula is C10H11Cl2NO3. The Morgan fingerprint density at radius 1 is 1.44 bits per heavy atom. The maximum absolute atomic E-state index is 11.6. The molecule has 0 aliphatic carbocycles. The van der Waals surface area contributed by atoms with Crippen molar-refractivity contribution in [1.29, 1.82) is 0 Å². The first-order chi connectivity index (χ1) is 7.57. The van der Waals surface area contributed by atoms with Crippen molar-refractivity contribution in [1.82, 2.24) is 5.32 Å². The molecule has 88 valence electrons. The highest BCUT2D eigenvalue weighted by Gasteiger charge is 2.19. The Hall–Kier alpha value is -0.970. The SMILES string of the molecule is CNCCOC(=O)c1c(Cl)ccc(Cl)c1O. The van der Waals surface area contributed by atoms with E-state index >= 15 is 0 Å². The molecule has 6 heteroatoms. The van der Waals surface area contributed by atoms with Crippen LogP contribution in [0.4, 0.5) is 0 Å². The van der Waals surface area contributed by atoms with Crippen LogP contribution < -0.4 is 5.32 Å². The van der Waals surface area contributed by atoms with Gasteiger partial charge in [0.05, 0.1) is 10.0 Å². The number of halogens is 2. The Morgan fingerprint density at radius 2 is 2.06 bits per heavy atom. The van der Waals surface area contributed by atoms with E-state index in [0.717, 1.165) is 0 Å². The molecule has 0 amide bonds. The molecule has 0 saturated heterocycles. The summed E-state index contributed by atoms with van der Waals surface area (Å²) in [5.74, 6) is -1.05. The third-order valence-electron chi connectivity index (χ3n) is 1.87. The van der Waals surface area contributed by atoms with E-state index in [4.69, 9.17) is 27.9 Å². The third kappa shape index (κ3) is 3.01. The fraction of sp³-hybridized carbons (Fsp3) is 0.300. The molecule has 4 nitrogen and oxygen atoms in total. The monoisotopic (exact) mass is 263 g/mol. The van der Waals surface area contributed by atoms with Crippen LogP contribution in [-0.4, -0.2) is 31.3 Å². The summed E-state index contributed by atoms with van der Waals surface area (Å²) in [6, 6.07) is 2.84. The summed E-state index contributed by atoms with van der Waals surface area (Å²) >= 11 is 11.4. The van der Waals surface area contributed by atoms with Crippen molar-refractivity contribution in [3.05, 3.63) is 27.7 Å². The standard InChI is InChI=1S/C10H11Cl2NO3/c1-13-4-5-16-10(15)8-6(11)2-3-7(12)9(8)14/h2-3,13-14H,4-5H2,1H3. The number of hydrogen-bond donors (Lipinski definition) is 2. The number of ether oxygens (including phenoxy) is 1. The number of hydrogen-bond acceptors (Lipinski definition) is 4. The molecule has 1 aromatic carbocycles. The highest BCUT2D eigenvalue weighted by Crippen LogP contribution is 2.33. The second-order valence-electron chi connectivity index (χ2n) is 2.99. The van der Waals surface area contributed by atoms with Crippen LogP contribution in [-0.2, 0) is 4.74 Å². The Balaban J connectivity index is 2.86. The van der Waals surface area contributed by atoms with E-state index in [-0.39, 0.29) is 28.0 Å². The molecule has 16 heavy (non-hydrogen) atoms. The summed E-state index contributed by atoms with van der Waals surface area (Å²) in [6.45, 7) is 0.711. The van der Waals surface area contributed by atoms with Gasteiger partial charge in [0.15, 0.2) is 0 Å². The van der Waals surface area contributed by atoms with Crippen molar-refractivity contribution in [2.24, 2.45) is 0 Å². The van der Waals surface area contributed by atoms with Gasteiger partial charge in [-0.2, -0.15) is 0 Å². The number of benzene rings is 1. The fourth-order valence-corrected chi connectivity index (χ4v) is 1.44. The van der Waals surface area contributed by atoms with Gasteiger partial charge in [-0.1, -0.05) is 23.2 Å². The first kappa shape index (κ1) is 13.1. The topological polar surface area (TPSA) is 58.6 Å². The zero-order valence-electron chi connectivity index (χ0n) is 8.59. The maximum atomic E-state index is 11.6. The highest BCUT2D eigenvalue weighted by molar-refractivity contribution is 6.36. The second-order valence-corrected chi connectivity index (χ2v) is 3.81. The van der Waals surface area contributed by atoms with Gasteiger partial charge in [0, 0.05) is 6.54 Å². The minimum atomic E-state index is -0.694. The number of aromatic hydroxyl groups is 1. The summed E-state index contributed by atoms with van der Waals surface area (Å²) in [7, 11) is 1.73. The Morgan fingerprint density at radius 3 is 2.69 bits per heavy atom. The van der Waals surface area contributed by atoms with Crippen LogP contribution in [0.2, 0.25) is 10.0 Å². The Bertz CT molecular complexity index is 396. The number of nitrogens with one attached hydrogen (secondary N) is 1. The van der Waals surface area contributed by atoms with Crippen LogP contribution in [0.25, 0.3) is 0 Å². The lowest BCUT2D eigenvalue weighted by molar-refractivity contribution is 0.0507. The van der Waals surface area contributed by atoms with Crippen molar-refractivity contribution >= 4 is 29.2 Å². The molecule has 0 radical (unpaired) electrons. The minimum absolute atomic E-state index is 0.0602. The predicted octanol–water partition coefficient (Wildman–Crippen LogP) is 2.08. The highest BCUT2D eigenvalue weighted by atomic mass is 35.5. The van der Waals surface area contributed by atoms with Gasteiger partial charge in [0.25, 0.3) is 0 Å². The normalized spacial score (nSPS) is 10.2. The van der Waals surface area contributed by atoms with Gasteiger partial charge in [0.1, 0.15) is 17.9 Å². The lowest BCUT2D eigenvalue weighted by atomic mass is 10.2. The molecule has 0 spiro atoms. The maximum Gasteiger partial charge on any atom is 0.343 e. The van der Waals surface area contributed by atoms with Gasteiger partial charge in [-0.25, -0.2) is 4.79 Å². The van der Waals surface area contributed by atoms with E-state index in [1.54, 1.807) is 7.05 Å². The zero-order valence-corrected chi connectivity index (χ0v) is 10.1. The van der Waals surface area contributed by atoms with E-state index in [1.165, 1.54) is 12.1 Å². The van der Waals surface area contributed by atoms with Crippen molar-refractivity contribution in [3.8, 4) is 5.75 Å². The van der Waals surface area contributed by atoms with E-state index in [1.807, 2.05) is 0 Å². The van der Waals surface area contributed by atoms with Gasteiger partial charge in [0.2, 0.25) is 0 Å². The molecule has 0 heterocycles. The molecule has 0 unspecified atom stereocenters. The lowest BCUT2D eigenvalue weighted by Crippen LogP contribution is -2.17. The van der Waals surface area contributed by atoms with E-state index < -0.39 is 5.97 Å². The van der Waals surface area contributed by atoms with E-state index in [9.17, 15) is 9.90 Å². The molecule has 0 aliphatic rings. The average Bonchev–Trinajstić information content (AvgIpc) is 2.24. The number of phenolic OH excluding ortho intramolecular Hbond substituents is 1. The molecule has 0 fully saturated rings. The van der Waals surface area contributed by atoms with E-state index in [0.29, 0.717) is 6.54 Å². The number of likely N-dealkylation sites (N-methyl/N-ethyl adjacent to an activating group) is 1. The first-order valence-electron chi connectivity index (χ1n) is 4.56. The van der Waals surface area contributed by atoms with Crippen molar-refractivity contribution < 1.29 is 14.6 Å². The molecule has 0 aromatic heterocycles. The summed E-state index contributed by atoms with van der Waals surface area (Å²) in [5.41, 5.74) is -0.106. The molecule has 1 aromatic rings. The second kappa shape index (κ2) is 5.94. The Labute approximate surface area is 103 Å². The van der Waals surface area contributed by atoms with Gasteiger partial charge < -0.3 is 15.2 Å². The van der Waals surface area contributed by atoms with Crippen molar-refractivity contribution in [2.45, 2.75) is 0 Å². The van der Waals surface area contributed by atoms with Crippen LogP contribution in [0.5, 0.6) is 5.75 Å². The summed E-state index contributed by atoms with van der Waals surface area (Å²) in [6.07, 6.45) is 0. The number of esters is 1. The predicted molar refractivity (Wildman–Crippen MR) is 62.3 cm³/mol. The molecule has 2 N–H and O–H groups in total. The number of rotatable bonds is 4. The van der Waals surface area contributed by atoms with Crippen molar-refractivity contribution in [3.63, 3.8) is 0 Å². The van der Waals surface area contributed by atoms with Gasteiger partial charge >= 0.3 is 5.97 Å². The molecule has 0 aliphatic heterocycles. The number of phenols is 1. The first-order valence-corrected chi connectivity index (χ1v) is 5.32. The molecule has 1 rings (SSSR count). The fourth-order valence-electron chi connectivity index (χ4n) is 1.05.